The van der Waals surface area contributed by atoms with E-state index in [1.807, 2.05) is 6.07 Å². The maximum Gasteiger partial charge on any atom is 0.251 e. The first kappa shape index (κ1) is 16.5. The zero-order chi connectivity index (χ0) is 16.8. The molecule has 5 nitrogen and oxygen atoms in total. The standard InChI is InChI=1S/C17H14ClN3O2/c18-14-7-5-13(6-8-14)17(23)21-15(16(20)22)9-11-1-3-12(10-19)4-2-11/h1-8,15H,9H2,(H2,20,22)(H,21,23)/t15-/m0/s1. The first-order chi connectivity index (χ1) is 11.0. The third-order valence-electron chi connectivity index (χ3n) is 3.28. The van der Waals surface area contributed by atoms with Gasteiger partial charge in [0.2, 0.25) is 5.91 Å². The zero-order valence-corrected chi connectivity index (χ0v) is 12.9. The topological polar surface area (TPSA) is 96.0 Å². The van der Waals surface area contributed by atoms with Crippen LogP contribution in [0.3, 0.4) is 0 Å². The lowest BCUT2D eigenvalue weighted by Gasteiger charge is -2.15. The number of rotatable bonds is 5. The van der Waals surface area contributed by atoms with Crippen LogP contribution in [-0.4, -0.2) is 17.9 Å². The van der Waals surface area contributed by atoms with Crippen molar-refractivity contribution in [3.05, 3.63) is 70.2 Å². The molecule has 0 aromatic heterocycles. The largest absolute Gasteiger partial charge is 0.368 e. The molecule has 2 aromatic rings. The Morgan fingerprint density at radius 2 is 1.74 bits per heavy atom. The Hall–Kier alpha value is -2.84. The summed E-state index contributed by atoms with van der Waals surface area (Å²) >= 11 is 5.78. The molecule has 23 heavy (non-hydrogen) atoms. The van der Waals surface area contributed by atoms with Crippen LogP contribution in [-0.2, 0) is 11.2 Å². The van der Waals surface area contributed by atoms with Gasteiger partial charge in [-0.1, -0.05) is 23.7 Å². The van der Waals surface area contributed by atoms with Crippen LogP contribution in [0.25, 0.3) is 0 Å². The van der Waals surface area contributed by atoms with Gasteiger partial charge in [-0.2, -0.15) is 5.26 Å². The number of nitrogens with one attached hydrogen (secondary N) is 1. The van der Waals surface area contributed by atoms with Gasteiger partial charge in [0.05, 0.1) is 11.6 Å². The summed E-state index contributed by atoms with van der Waals surface area (Å²) in [5, 5.41) is 11.9. The van der Waals surface area contributed by atoms with E-state index in [0.717, 1.165) is 5.56 Å². The minimum Gasteiger partial charge on any atom is -0.368 e. The predicted octanol–water partition coefficient (Wildman–Crippen LogP) is 2.04. The van der Waals surface area contributed by atoms with Gasteiger partial charge < -0.3 is 11.1 Å². The van der Waals surface area contributed by atoms with Crippen LogP contribution < -0.4 is 11.1 Å². The van der Waals surface area contributed by atoms with Gasteiger partial charge in [0.1, 0.15) is 6.04 Å². The van der Waals surface area contributed by atoms with E-state index in [2.05, 4.69) is 5.32 Å². The van der Waals surface area contributed by atoms with Crippen molar-refractivity contribution in [2.24, 2.45) is 5.73 Å². The van der Waals surface area contributed by atoms with E-state index < -0.39 is 17.9 Å². The fourth-order valence-corrected chi connectivity index (χ4v) is 2.14. The molecule has 2 rings (SSSR count). The van der Waals surface area contributed by atoms with Crippen LogP contribution in [0.5, 0.6) is 0 Å². The molecule has 0 bridgehead atoms. The predicted molar refractivity (Wildman–Crippen MR) is 86.8 cm³/mol. The van der Waals surface area contributed by atoms with E-state index in [0.29, 0.717) is 16.1 Å². The smallest absolute Gasteiger partial charge is 0.251 e. The molecule has 0 saturated heterocycles. The van der Waals surface area contributed by atoms with Crippen LogP contribution >= 0.6 is 11.6 Å². The Balaban J connectivity index is 2.09. The Bertz CT molecular complexity index is 749. The summed E-state index contributed by atoms with van der Waals surface area (Å²) in [5.41, 5.74) is 7.07. The molecule has 6 heteroatoms. The number of carbonyl (C=O) groups is 2. The minimum atomic E-state index is -0.842. The summed E-state index contributed by atoms with van der Waals surface area (Å²) < 4.78 is 0. The number of hydrogen-bond acceptors (Lipinski definition) is 3. The van der Waals surface area contributed by atoms with Gasteiger partial charge in [-0.25, -0.2) is 0 Å². The van der Waals surface area contributed by atoms with Crippen LogP contribution in [0.4, 0.5) is 0 Å². The van der Waals surface area contributed by atoms with Crippen molar-refractivity contribution in [1.29, 1.82) is 5.26 Å². The maximum absolute atomic E-state index is 12.2. The molecule has 2 amide bonds. The van der Waals surface area contributed by atoms with Crippen LogP contribution in [0.1, 0.15) is 21.5 Å². The molecule has 2 aromatic carbocycles. The molecule has 3 N–H and O–H groups in total. The van der Waals surface area contributed by atoms with Gasteiger partial charge in [0, 0.05) is 17.0 Å². The lowest BCUT2D eigenvalue weighted by atomic mass is 10.0. The number of halogens is 1. The summed E-state index contributed by atoms with van der Waals surface area (Å²) in [6.07, 6.45) is 0.250. The summed E-state index contributed by atoms with van der Waals surface area (Å²) in [5.74, 6) is -1.03. The van der Waals surface area contributed by atoms with Gasteiger partial charge in [-0.15, -0.1) is 0 Å². The Morgan fingerprint density at radius 3 is 2.26 bits per heavy atom. The SMILES string of the molecule is N#Cc1ccc(C[C@H](NC(=O)c2ccc(Cl)cc2)C(N)=O)cc1. The van der Waals surface area contributed by atoms with Crippen molar-refractivity contribution in [2.45, 2.75) is 12.5 Å². The average molecular weight is 328 g/mol. The number of benzene rings is 2. The third kappa shape index (κ3) is 4.56. The lowest BCUT2D eigenvalue weighted by Crippen LogP contribution is -2.45. The van der Waals surface area contributed by atoms with E-state index in [4.69, 9.17) is 22.6 Å². The normalized spacial score (nSPS) is 11.3. The Labute approximate surface area is 138 Å². The molecule has 0 unspecified atom stereocenters. The van der Waals surface area contributed by atoms with E-state index >= 15 is 0 Å². The van der Waals surface area contributed by atoms with E-state index in [1.165, 1.54) is 0 Å². The molecule has 0 aliphatic rings. The molecule has 0 aliphatic carbocycles. The molecule has 0 aliphatic heterocycles. The Morgan fingerprint density at radius 1 is 1.13 bits per heavy atom. The summed E-state index contributed by atoms with van der Waals surface area (Å²) in [7, 11) is 0. The maximum atomic E-state index is 12.2. The number of nitrogens with two attached hydrogens (primary N) is 1. The highest BCUT2D eigenvalue weighted by Crippen LogP contribution is 2.11. The van der Waals surface area contributed by atoms with Crippen LogP contribution in [0, 0.1) is 11.3 Å². The van der Waals surface area contributed by atoms with Gasteiger partial charge in [0.25, 0.3) is 5.91 Å². The van der Waals surface area contributed by atoms with Crippen LogP contribution in [0.15, 0.2) is 48.5 Å². The second kappa shape index (κ2) is 7.43. The van der Waals surface area contributed by atoms with Crippen molar-refractivity contribution in [3.8, 4) is 6.07 Å². The highest BCUT2D eigenvalue weighted by molar-refractivity contribution is 6.30. The zero-order valence-electron chi connectivity index (χ0n) is 12.1. The fraction of sp³-hybridized carbons (Fsp3) is 0.118. The van der Waals surface area contributed by atoms with Gasteiger partial charge in [0.15, 0.2) is 0 Å². The number of nitrogens with zero attached hydrogens (tertiary/aromatic N) is 1. The van der Waals surface area contributed by atoms with Gasteiger partial charge in [-0.05, 0) is 42.0 Å². The quantitative estimate of drug-likeness (QED) is 0.879. The summed E-state index contributed by atoms with van der Waals surface area (Å²) in [4.78, 5) is 23.7. The van der Waals surface area contributed by atoms with Crippen molar-refractivity contribution in [1.82, 2.24) is 5.32 Å². The number of nitriles is 1. The molecule has 0 radical (unpaired) electrons. The second-order valence-electron chi connectivity index (χ2n) is 4.95. The van der Waals surface area contributed by atoms with E-state index in [1.54, 1.807) is 48.5 Å². The highest BCUT2D eigenvalue weighted by Gasteiger charge is 2.19. The van der Waals surface area contributed by atoms with Crippen molar-refractivity contribution in [2.75, 3.05) is 0 Å². The number of amides is 2. The van der Waals surface area contributed by atoms with E-state index in [-0.39, 0.29) is 6.42 Å². The molecule has 116 valence electrons. The molecular formula is C17H14ClN3O2. The lowest BCUT2D eigenvalue weighted by molar-refractivity contribution is -0.119. The highest BCUT2D eigenvalue weighted by atomic mass is 35.5. The second-order valence-corrected chi connectivity index (χ2v) is 5.38. The number of carbonyl (C=O) groups excluding carboxylic acids is 2. The summed E-state index contributed by atoms with van der Waals surface area (Å²) in [6.45, 7) is 0. The molecule has 0 fully saturated rings. The Kier molecular flexibility index (Phi) is 5.34. The van der Waals surface area contributed by atoms with Gasteiger partial charge in [-0.3, -0.25) is 9.59 Å². The van der Waals surface area contributed by atoms with Crippen molar-refractivity contribution in [3.63, 3.8) is 0 Å². The summed E-state index contributed by atoms with van der Waals surface area (Å²) in [6, 6.07) is 14.2. The first-order valence-electron chi connectivity index (χ1n) is 6.84. The van der Waals surface area contributed by atoms with Crippen molar-refractivity contribution >= 4 is 23.4 Å². The van der Waals surface area contributed by atoms with Crippen molar-refractivity contribution < 1.29 is 9.59 Å². The molecule has 0 saturated carbocycles. The van der Waals surface area contributed by atoms with Crippen LogP contribution in [0.2, 0.25) is 5.02 Å². The monoisotopic (exact) mass is 327 g/mol. The van der Waals surface area contributed by atoms with E-state index in [9.17, 15) is 9.59 Å². The molecule has 0 spiro atoms. The number of hydrogen-bond donors (Lipinski definition) is 2. The molecule has 0 heterocycles. The third-order valence-corrected chi connectivity index (χ3v) is 3.53. The minimum absolute atomic E-state index is 0.250. The molecule has 1 atom stereocenters. The molecular weight excluding hydrogens is 314 g/mol. The first-order valence-corrected chi connectivity index (χ1v) is 7.22. The average Bonchev–Trinajstić information content (AvgIpc) is 2.55. The fourth-order valence-electron chi connectivity index (χ4n) is 2.02. The number of primary amides is 1. The van der Waals surface area contributed by atoms with Gasteiger partial charge >= 0.3 is 0 Å².